The number of rotatable bonds is 4. The second kappa shape index (κ2) is 8.08. The number of hydrogen-bond donors (Lipinski definition) is 3. The van der Waals surface area contributed by atoms with E-state index in [1.54, 1.807) is 24.3 Å². The van der Waals surface area contributed by atoms with Gasteiger partial charge in [0.05, 0.1) is 11.3 Å². The van der Waals surface area contributed by atoms with Gasteiger partial charge in [-0.2, -0.15) is 0 Å². The molecule has 8 nitrogen and oxygen atoms in total. The molecule has 1 spiro atoms. The molecule has 3 N–H and O–H groups in total. The zero-order valence-electron chi connectivity index (χ0n) is 18.0. The van der Waals surface area contributed by atoms with Gasteiger partial charge in [-0.1, -0.05) is 19.1 Å². The molecule has 3 rings (SSSR count). The summed E-state index contributed by atoms with van der Waals surface area (Å²) < 4.78 is 0. The Morgan fingerprint density at radius 2 is 1.80 bits per heavy atom. The number of nitrogens with zero attached hydrogens (tertiary/aromatic N) is 1. The fraction of sp³-hybridized carbons (Fsp3) is 0.545. The molecular formula is C22H30N4O4. The standard InChI is InChI=1S/C22H30N4O4/c1-14-9-11-22(12-10-14)19(29)26(20(30)25-22)13-17(27)23-16-8-6-5-7-15(16)18(28)24-21(2,3)4/h5-8,14H,9-13H2,1-4H3,(H,23,27)(H,24,28)(H,25,30). The maximum atomic E-state index is 12.9. The lowest BCUT2D eigenvalue weighted by atomic mass is 9.77. The number of carbonyl (C=O) groups excluding carboxylic acids is 4. The number of amides is 5. The fourth-order valence-corrected chi connectivity index (χ4v) is 3.95. The molecule has 0 unspecified atom stereocenters. The van der Waals surface area contributed by atoms with Gasteiger partial charge in [0.1, 0.15) is 12.1 Å². The summed E-state index contributed by atoms with van der Waals surface area (Å²) in [5.41, 5.74) is -0.665. The van der Waals surface area contributed by atoms with Crippen LogP contribution in [0.25, 0.3) is 0 Å². The van der Waals surface area contributed by atoms with Gasteiger partial charge in [0.25, 0.3) is 11.8 Å². The van der Waals surface area contributed by atoms with Gasteiger partial charge >= 0.3 is 6.03 Å². The van der Waals surface area contributed by atoms with Crippen LogP contribution >= 0.6 is 0 Å². The monoisotopic (exact) mass is 414 g/mol. The summed E-state index contributed by atoms with van der Waals surface area (Å²) in [5, 5.41) is 8.34. The molecular weight excluding hydrogens is 384 g/mol. The molecule has 30 heavy (non-hydrogen) atoms. The summed E-state index contributed by atoms with van der Waals surface area (Å²) >= 11 is 0. The molecule has 0 bridgehead atoms. The molecule has 1 aromatic carbocycles. The van der Waals surface area contributed by atoms with E-state index in [2.05, 4.69) is 22.9 Å². The normalized spacial score (nSPS) is 24.0. The van der Waals surface area contributed by atoms with E-state index in [4.69, 9.17) is 0 Å². The Morgan fingerprint density at radius 3 is 2.43 bits per heavy atom. The molecule has 5 amide bonds. The van der Waals surface area contributed by atoms with Crippen LogP contribution in [0.1, 0.15) is 63.7 Å². The SMILES string of the molecule is CC1CCC2(CC1)NC(=O)N(CC(=O)Nc1ccccc1C(=O)NC(C)(C)C)C2=O. The fourth-order valence-electron chi connectivity index (χ4n) is 3.95. The number of imide groups is 1. The third kappa shape index (κ3) is 4.63. The summed E-state index contributed by atoms with van der Waals surface area (Å²) in [6.45, 7) is 7.34. The highest BCUT2D eigenvalue weighted by molar-refractivity contribution is 6.11. The molecule has 1 aliphatic heterocycles. The van der Waals surface area contributed by atoms with Gasteiger partial charge in [0, 0.05) is 5.54 Å². The molecule has 1 aliphatic carbocycles. The van der Waals surface area contributed by atoms with Crippen molar-refractivity contribution in [3.05, 3.63) is 29.8 Å². The lowest BCUT2D eigenvalue weighted by molar-refractivity contribution is -0.135. The molecule has 8 heteroatoms. The lowest BCUT2D eigenvalue weighted by Crippen LogP contribution is -2.49. The molecule has 162 valence electrons. The van der Waals surface area contributed by atoms with Gasteiger partial charge < -0.3 is 16.0 Å². The minimum absolute atomic E-state index is 0.315. The first-order chi connectivity index (χ1) is 14.0. The van der Waals surface area contributed by atoms with Crippen LogP contribution in [0.3, 0.4) is 0 Å². The van der Waals surface area contributed by atoms with Crippen LogP contribution in [0, 0.1) is 5.92 Å². The maximum Gasteiger partial charge on any atom is 0.325 e. The Morgan fingerprint density at radius 1 is 1.17 bits per heavy atom. The molecule has 0 radical (unpaired) electrons. The van der Waals surface area contributed by atoms with E-state index in [0.29, 0.717) is 30.0 Å². The third-order valence-electron chi connectivity index (χ3n) is 5.61. The highest BCUT2D eigenvalue weighted by atomic mass is 16.2. The largest absolute Gasteiger partial charge is 0.347 e. The van der Waals surface area contributed by atoms with E-state index < -0.39 is 29.6 Å². The molecule has 1 heterocycles. The van der Waals surface area contributed by atoms with Crippen molar-refractivity contribution < 1.29 is 19.2 Å². The summed E-state index contributed by atoms with van der Waals surface area (Å²) in [7, 11) is 0. The molecule has 0 aromatic heterocycles. The number of hydrogen-bond acceptors (Lipinski definition) is 4. The zero-order valence-corrected chi connectivity index (χ0v) is 18.0. The predicted molar refractivity (Wildman–Crippen MR) is 113 cm³/mol. The van der Waals surface area contributed by atoms with Crippen molar-refractivity contribution in [2.75, 3.05) is 11.9 Å². The van der Waals surface area contributed by atoms with Crippen LogP contribution in [0.15, 0.2) is 24.3 Å². The predicted octanol–water partition coefficient (Wildman–Crippen LogP) is 2.65. The Bertz CT molecular complexity index is 866. The number of carbonyl (C=O) groups is 4. The van der Waals surface area contributed by atoms with Gasteiger partial charge in [-0.3, -0.25) is 19.3 Å². The zero-order chi connectivity index (χ0) is 22.1. The van der Waals surface area contributed by atoms with Crippen molar-refractivity contribution in [3.63, 3.8) is 0 Å². The summed E-state index contributed by atoms with van der Waals surface area (Å²) in [4.78, 5) is 51.5. The second-order valence-electron chi connectivity index (χ2n) is 9.38. The average Bonchev–Trinajstić information content (AvgIpc) is 2.87. The van der Waals surface area contributed by atoms with E-state index in [1.807, 2.05) is 20.8 Å². The number of para-hydroxylation sites is 1. The molecule has 1 saturated carbocycles. The van der Waals surface area contributed by atoms with Crippen molar-refractivity contribution in [2.24, 2.45) is 5.92 Å². The minimum Gasteiger partial charge on any atom is -0.347 e. The molecule has 1 saturated heterocycles. The van der Waals surface area contributed by atoms with E-state index in [0.717, 1.165) is 17.7 Å². The highest BCUT2D eigenvalue weighted by Crippen LogP contribution is 2.36. The number of anilines is 1. The Hall–Kier alpha value is -2.90. The van der Waals surface area contributed by atoms with Crippen LogP contribution < -0.4 is 16.0 Å². The van der Waals surface area contributed by atoms with Gasteiger partial charge in [-0.25, -0.2) is 4.79 Å². The van der Waals surface area contributed by atoms with E-state index in [9.17, 15) is 19.2 Å². The van der Waals surface area contributed by atoms with Crippen LogP contribution in [-0.2, 0) is 9.59 Å². The molecule has 1 aromatic rings. The van der Waals surface area contributed by atoms with E-state index in [1.165, 1.54) is 0 Å². The van der Waals surface area contributed by atoms with Gasteiger partial charge in [0.15, 0.2) is 0 Å². The number of nitrogens with one attached hydrogen (secondary N) is 3. The summed E-state index contributed by atoms with van der Waals surface area (Å²) in [6.07, 6.45) is 2.91. The van der Waals surface area contributed by atoms with Crippen LogP contribution in [0.4, 0.5) is 10.5 Å². The minimum atomic E-state index is -0.881. The molecule has 0 atom stereocenters. The Labute approximate surface area is 176 Å². The first-order valence-corrected chi connectivity index (χ1v) is 10.4. The number of benzene rings is 1. The first-order valence-electron chi connectivity index (χ1n) is 10.4. The van der Waals surface area contributed by atoms with Crippen molar-refractivity contribution in [2.45, 2.75) is 64.5 Å². The number of urea groups is 1. The quantitative estimate of drug-likeness (QED) is 0.658. The second-order valence-corrected chi connectivity index (χ2v) is 9.38. The first kappa shape index (κ1) is 21.8. The van der Waals surface area contributed by atoms with Gasteiger partial charge in [0.2, 0.25) is 5.91 Å². The van der Waals surface area contributed by atoms with Gasteiger partial charge in [-0.05, 0) is 64.5 Å². The molecule has 2 fully saturated rings. The van der Waals surface area contributed by atoms with E-state index >= 15 is 0 Å². The summed E-state index contributed by atoms with van der Waals surface area (Å²) in [6, 6.07) is 6.10. The van der Waals surface area contributed by atoms with E-state index in [-0.39, 0.29) is 11.8 Å². The third-order valence-corrected chi connectivity index (χ3v) is 5.61. The lowest BCUT2D eigenvalue weighted by Gasteiger charge is -2.33. The Balaban J connectivity index is 1.69. The van der Waals surface area contributed by atoms with Crippen molar-refractivity contribution in [3.8, 4) is 0 Å². The highest BCUT2D eigenvalue weighted by Gasteiger charge is 2.52. The summed E-state index contributed by atoms with van der Waals surface area (Å²) in [5.74, 6) is -0.666. The van der Waals surface area contributed by atoms with Crippen molar-refractivity contribution in [1.29, 1.82) is 0 Å². The topological polar surface area (TPSA) is 108 Å². The van der Waals surface area contributed by atoms with Crippen LogP contribution in [0.5, 0.6) is 0 Å². The average molecular weight is 415 g/mol. The maximum absolute atomic E-state index is 12.9. The van der Waals surface area contributed by atoms with Crippen LogP contribution in [-0.4, -0.2) is 46.3 Å². The molecule has 2 aliphatic rings. The van der Waals surface area contributed by atoms with Crippen molar-refractivity contribution >= 4 is 29.4 Å². The van der Waals surface area contributed by atoms with Crippen LogP contribution in [0.2, 0.25) is 0 Å². The van der Waals surface area contributed by atoms with Crippen molar-refractivity contribution in [1.82, 2.24) is 15.5 Å². The Kier molecular flexibility index (Phi) is 5.87. The van der Waals surface area contributed by atoms with Gasteiger partial charge in [-0.15, -0.1) is 0 Å². The smallest absolute Gasteiger partial charge is 0.325 e.